The third-order valence-corrected chi connectivity index (χ3v) is 5.08. The van der Waals surface area contributed by atoms with E-state index in [0.717, 1.165) is 12.8 Å². The molecular weight excluding hydrogens is 278 g/mol. The largest absolute Gasteiger partial charge is 0.323 e. The SMILES string of the molecule is CNS(=O)(=O)c1ccccc1NC(=O)C(C)(N)C1CC1. The van der Waals surface area contributed by atoms with E-state index in [1.165, 1.54) is 13.1 Å². The highest BCUT2D eigenvalue weighted by Gasteiger charge is 2.44. The van der Waals surface area contributed by atoms with Crippen molar-refractivity contribution < 1.29 is 13.2 Å². The second kappa shape index (κ2) is 5.16. The number of nitrogens with one attached hydrogen (secondary N) is 2. The van der Waals surface area contributed by atoms with Gasteiger partial charge in [0.1, 0.15) is 4.90 Å². The van der Waals surface area contributed by atoms with E-state index in [0.29, 0.717) is 0 Å². The Morgan fingerprint density at radius 1 is 1.35 bits per heavy atom. The van der Waals surface area contributed by atoms with E-state index in [4.69, 9.17) is 5.73 Å². The summed E-state index contributed by atoms with van der Waals surface area (Å²) in [6.45, 7) is 1.68. The average Bonchev–Trinajstić information content (AvgIpc) is 3.23. The molecule has 1 unspecified atom stereocenters. The van der Waals surface area contributed by atoms with Crippen LogP contribution in [0.1, 0.15) is 19.8 Å². The first-order chi connectivity index (χ1) is 9.29. The summed E-state index contributed by atoms with van der Waals surface area (Å²) in [5.74, 6) is -0.200. The molecular formula is C13H19N3O3S. The molecule has 20 heavy (non-hydrogen) atoms. The Balaban J connectivity index is 2.28. The van der Waals surface area contributed by atoms with Gasteiger partial charge in [-0.25, -0.2) is 13.1 Å². The predicted octanol–water partition coefficient (Wildman–Crippen LogP) is 0.661. The minimum Gasteiger partial charge on any atom is -0.323 e. The van der Waals surface area contributed by atoms with Crippen LogP contribution in [0.25, 0.3) is 0 Å². The van der Waals surface area contributed by atoms with Crippen LogP contribution < -0.4 is 15.8 Å². The van der Waals surface area contributed by atoms with Gasteiger partial charge in [-0.2, -0.15) is 0 Å². The molecule has 0 saturated heterocycles. The topological polar surface area (TPSA) is 101 Å². The molecule has 1 fully saturated rings. The zero-order chi connectivity index (χ0) is 15.0. The number of carbonyl (C=O) groups is 1. The summed E-state index contributed by atoms with van der Waals surface area (Å²) < 4.78 is 26.0. The lowest BCUT2D eigenvalue weighted by atomic mass is 9.96. The van der Waals surface area contributed by atoms with E-state index < -0.39 is 15.6 Å². The number of anilines is 1. The summed E-state index contributed by atoms with van der Waals surface area (Å²) in [4.78, 5) is 12.3. The lowest BCUT2D eigenvalue weighted by Gasteiger charge is -2.23. The minimum absolute atomic E-state index is 0.0300. The number of para-hydroxylation sites is 1. The minimum atomic E-state index is -3.63. The average molecular weight is 297 g/mol. The number of hydrogen-bond acceptors (Lipinski definition) is 4. The number of hydrogen-bond donors (Lipinski definition) is 3. The molecule has 1 aliphatic rings. The van der Waals surface area contributed by atoms with E-state index in [2.05, 4.69) is 10.0 Å². The molecule has 0 heterocycles. The van der Waals surface area contributed by atoms with Crippen molar-refractivity contribution in [3.63, 3.8) is 0 Å². The van der Waals surface area contributed by atoms with Gasteiger partial charge in [-0.15, -0.1) is 0 Å². The summed E-state index contributed by atoms with van der Waals surface area (Å²) in [6.07, 6.45) is 1.85. The Morgan fingerprint density at radius 3 is 2.50 bits per heavy atom. The first kappa shape index (κ1) is 15.0. The number of rotatable bonds is 5. The number of sulfonamides is 1. The maximum absolute atomic E-state index is 12.2. The Morgan fingerprint density at radius 2 is 1.95 bits per heavy atom. The van der Waals surface area contributed by atoms with Crippen molar-refractivity contribution in [3.8, 4) is 0 Å². The van der Waals surface area contributed by atoms with Gasteiger partial charge in [-0.1, -0.05) is 12.1 Å². The Bertz CT molecular complexity index is 622. The van der Waals surface area contributed by atoms with Crippen LogP contribution >= 0.6 is 0 Å². The van der Waals surface area contributed by atoms with E-state index in [1.807, 2.05) is 0 Å². The van der Waals surface area contributed by atoms with Crippen LogP contribution in [0.5, 0.6) is 0 Å². The highest BCUT2D eigenvalue weighted by molar-refractivity contribution is 7.89. The van der Waals surface area contributed by atoms with Gasteiger partial charge in [0.15, 0.2) is 0 Å². The first-order valence-electron chi connectivity index (χ1n) is 6.42. The molecule has 6 nitrogen and oxygen atoms in total. The Kier molecular flexibility index (Phi) is 3.86. The fraction of sp³-hybridized carbons (Fsp3) is 0.462. The smallest absolute Gasteiger partial charge is 0.244 e. The summed E-state index contributed by atoms with van der Waals surface area (Å²) in [5, 5.41) is 2.63. The van der Waals surface area contributed by atoms with Gasteiger partial charge in [-0.05, 0) is 44.9 Å². The molecule has 4 N–H and O–H groups in total. The third kappa shape index (κ3) is 2.84. The summed E-state index contributed by atoms with van der Waals surface area (Å²) >= 11 is 0. The maximum atomic E-state index is 12.2. The zero-order valence-electron chi connectivity index (χ0n) is 11.5. The van der Waals surface area contributed by atoms with E-state index in [1.54, 1.807) is 25.1 Å². The fourth-order valence-electron chi connectivity index (χ4n) is 2.04. The summed E-state index contributed by atoms with van der Waals surface area (Å²) in [6, 6.07) is 6.25. The van der Waals surface area contributed by atoms with Crippen LogP contribution in [0.3, 0.4) is 0 Å². The normalized spacial score (nSPS) is 18.4. The molecule has 1 amide bonds. The molecule has 1 atom stereocenters. The van der Waals surface area contributed by atoms with Crippen molar-refractivity contribution in [2.24, 2.45) is 11.7 Å². The van der Waals surface area contributed by atoms with Crippen molar-refractivity contribution >= 4 is 21.6 Å². The first-order valence-corrected chi connectivity index (χ1v) is 7.90. The predicted molar refractivity (Wildman–Crippen MR) is 76.6 cm³/mol. The molecule has 1 saturated carbocycles. The van der Waals surface area contributed by atoms with Crippen LogP contribution in [0.2, 0.25) is 0 Å². The number of benzene rings is 1. The van der Waals surface area contributed by atoms with Gasteiger partial charge in [-0.3, -0.25) is 4.79 Å². The van der Waals surface area contributed by atoms with Gasteiger partial charge in [0.25, 0.3) is 0 Å². The van der Waals surface area contributed by atoms with Gasteiger partial charge < -0.3 is 11.1 Å². The van der Waals surface area contributed by atoms with Crippen LogP contribution in [0, 0.1) is 5.92 Å². The molecule has 0 radical (unpaired) electrons. The molecule has 7 heteroatoms. The Hall–Kier alpha value is -1.44. The second-order valence-electron chi connectivity index (χ2n) is 5.21. The molecule has 0 aromatic heterocycles. The fourth-order valence-corrected chi connectivity index (χ4v) is 2.93. The zero-order valence-corrected chi connectivity index (χ0v) is 12.3. The van der Waals surface area contributed by atoms with Crippen molar-refractivity contribution in [3.05, 3.63) is 24.3 Å². The highest BCUT2D eigenvalue weighted by Crippen LogP contribution is 2.38. The standard InChI is InChI=1S/C13H19N3O3S/c1-13(14,9-7-8-9)12(17)16-10-5-3-4-6-11(10)20(18,19)15-2/h3-6,9,15H,7-8,14H2,1-2H3,(H,16,17). The molecule has 0 bridgehead atoms. The highest BCUT2D eigenvalue weighted by atomic mass is 32.2. The van der Waals surface area contributed by atoms with Crippen LogP contribution in [0.4, 0.5) is 5.69 Å². The molecule has 110 valence electrons. The molecule has 1 aromatic carbocycles. The molecule has 2 rings (SSSR count). The van der Waals surface area contributed by atoms with Crippen LogP contribution in [0.15, 0.2) is 29.2 Å². The van der Waals surface area contributed by atoms with Crippen LogP contribution in [-0.4, -0.2) is 26.9 Å². The van der Waals surface area contributed by atoms with E-state index >= 15 is 0 Å². The number of carbonyl (C=O) groups excluding carboxylic acids is 1. The van der Waals surface area contributed by atoms with Crippen LogP contribution in [-0.2, 0) is 14.8 Å². The molecule has 1 aliphatic carbocycles. The van der Waals surface area contributed by atoms with E-state index in [-0.39, 0.29) is 22.4 Å². The Labute approximate surface area is 118 Å². The lowest BCUT2D eigenvalue weighted by molar-refractivity contribution is -0.121. The number of amides is 1. The van der Waals surface area contributed by atoms with Gasteiger partial charge in [0.2, 0.25) is 15.9 Å². The van der Waals surface area contributed by atoms with Gasteiger partial charge in [0.05, 0.1) is 11.2 Å². The molecule has 0 spiro atoms. The number of nitrogens with two attached hydrogens (primary N) is 1. The van der Waals surface area contributed by atoms with E-state index in [9.17, 15) is 13.2 Å². The third-order valence-electron chi connectivity index (χ3n) is 3.61. The second-order valence-corrected chi connectivity index (χ2v) is 7.07. The van der Waals surface area contributed by atoms with Crippen molar-refractivity contribution in [2.75, 3.05) is 12.4 Å². The molecule has 0 aliphatic heterocycles. The van der Waals surface area contributed by atoms with Gasteiger partial charge >= 0.3 is 0 Å². The summed E-state index contributed by atoms with van der Waals surface area (Å²) in [5.41, 5.74) is 5.29. The molecule has 1 aromatic rings. The van der Waals surface area contributed by atoms with Gasteiger partial charge in [0, 0.05) is 0 Å². The lowest BCUT2D eigenvalue weighted by Crippen LogP contribution is -2.50. The quantitative estimate of drug-likeness (QED) is 0.743. The maximum Gasteiger partial charge on any atom is 0.244 e. The van der Waals surface area contributed by atoms with Crippen molar-refractivity contribution in [1.29, 1.82) is 0 Å². The summed E-state index contributed by atoms with van der Waals surface area (Å²) in [7, 11) is -2.31. The van der Waals surface area contributed by atoms with Crippen molar-refractivity contribution in [2.45, 2.75) is 30.2 Å². The monoisotopic (exact) mass is 297 g/mol. The van der Waals surface area contributed by atoms with Crippen molar-refractivity contribution in [1.82, 2.24) is 4.72 Å².